The number of rotatable bonds is 8. The summed E-state index contributed by atoms with van der Waals surface area (Å²) in [6, 6.07) is 8.36. The van der Waals surface area contributed by atoms with Gasteiger partial charge in [-0.3, -0.25) is 4.79 Å². The average Bonchev–Trinajstić information content (AvgIpc) is 3.32. The highest BCUT2D eigenvalue weighted by atomic mass is 32.2. The fourth-order valence-corrected chi connectivity index (χ4v) is 5.85. The van der Waals surface area contributed by atoms with E-state index in [0.29, 0.717) is 32.2 Å². The molecule has 2 atom stereocenters. The second-order valence-electron chi connectivity index (χ2n) is 8.95. The summed E-state index contributed by atoms with van der Waals surface area (Å²) >= 11 is 1.54. The van der Waals surface area contributed by atoms with Gasteiger partial charge in [-0.15, -0.1) is 0 Å². The third-order valence-corrected chi connectivity index (χ3v) is 7.79. The maximum Gasteiger partial charge on any atom is 0.234 e. The van der Waals surface area contributed by atoms with Gasteiger partial charge in [0, 0.05) is 43.5 Å². The van der Waals surface area contributed by atoms with Crippen molar-refractivity contribution in [3.05, 3.63) is 24.3 Å². The molecule has 1 amide bonds. The SMILES string of the molecule is CC1CCCN1CCCOc1ccc(N2C(=O)CC[C@H]2CN2CCSCC2(O)O)cc1. The topological polar surface area (TPSA) is 76.5 Å². The lowest BCUT2D eigenvalue weighted by molar-refractivity contribution is -0.248. The summed E-state index contributed by atoms with van der Waals surface area (Å²) < 4.78 is 5.91. The van der Waals surface area contributed by atoms with E-state index in [0.717, 1.165) is 36.6 Å². The Morgan fingerprint density at radius 2 is 2.00 bits per heavy atom. The number of nitrogens with zero attached hydrogens (tertiary/aromatic N) is 3. The van der Waals surface area contributed by atoms with E-state index in [2.05, 4.69) is 11.8 Å². The van der Waals surface area contributed by atoms with Crippen LogP contribution in [0.25, 0.3) is 0 Å². The van der Waals surface area contributed by atoms with Gasteiger partial charge in [0.05, 0.1) is 18.4 Å². The van der Waals surface area contributed by atoms with E-state index in [1.54, 1.807) is 4.90 Å². The Labute approximate surface area is 189 Å². The molecule has 2 N–H and O–H groups in total. The van der Waals surface area contributed by atoms with Crippen LogP contribution >= 0.6 is 11.8 Å². The third-order valence-electron chi connectivity index (χ3n) is 6.73. The minimum atomic E-state index is -1.80. The fourth-order valence-electron chi connectivity index (χ4n) is 4.90. The minimum Gasteiger partial charge on any atom is -0.494 e. The number of anilines is 1. The molecule has 4 rings (SSSR count). The van der Waals surface area contributed by atoms with Gasteiger partial charge >= 0.3 is 0 Å². The molecule has 172 valence electrons. The quantitative estimate of drug-likeness (QED) is 0.465. The number of carbonyl (C=O) groups is 1. The largest absolute Gasteiger partial charge is 0.494 e. The Balaban J connectivity index is 1.30. The highest BCUT2D eigenvalue weighted by molar-refractivity contribution is 7.99. The number of ether oxygens (including phenoxy) is 1. The second kappa shape index (κ2) is 10.1. The highest BCUT2D eigenvalue weighted by Gasteiger charge is 2.40. The van der Waals surface area contributed by atoms with Gasteiger partial charge in [-0.1, -0.05) is 0 Å². The molecule has 0 aliphatic carbocycles. The van der Waals surface area contributed by atoms with Crippen molar-refractivity contribution in [1.82, 2.24) is 9.80 Å². The Hall–Kier alpha value is -1.32. The zero-order valence-corrected chi connectivity index (χ0v) is 19.2. The number of benzene rings is 1. The van der Waals surface area contributed by atoms with Crippen molar-refractivity contribution < 1.29 is 19.7 Å². The van der Waals surface area contributed by atoms with Crippen LogP contribution in [0, 0.1) is 0 Å². The molecule has 0 spiro atoms. The van der Waals surface area contributed by atoms with Gasteiger partial charge in [0.2, 0.25) is 11.8 Å². The summed E-state index contributed by atoms with van der Waals surface area (Å²) in [6.45, 7) is 6.34. The first kappa shape index (κ1) is 22.9. The fraction of sp³-hybridized carbons (Fsp3) is 0.696. The van der Waals surface area contributed by atoms with Gasteiger partial charge in [0.15, 0.2) is 0 Å². The molecule has 3 aliphatic heterocycles. The standard InChI is InChI=1S/C23H35N3O4S/c1-18-4-2-11-24(18)12-3-14-30-21-8-5-19(6-9-21)26-20(7-10-22(26)27)16-25-13-15-31-17-23(25,28)29/h5-6,8-9,18,20,28-29H,2-4,7,10-17H2,1H3/t18?,20-/m0/s1. The lowest BCUT2D eigenvalue weighted by atomic mass is 10.1. The van der Waals surface area contributed by atoms with Crippen molar-refractivity contribution in [2.24, 2.45) is 0 Å². The first-order valence-corrected chi connectivity index (χ1v) is 12.7. The molecule has 0 aromatic heterocycles. The monoisotopic (exact) mass is 449 g/mol. The molecule has 0 radical (unpaired) electrons. The zero-order valence-electron chi connectivity index (χ0n) is 18.4. The van der Waals surface area contributed by atoms with Crippen molar-refractivity contribution in [2.45, 2.75) is 57.0 Å². The number of carbonyl (C=O) groups excluding carboxylic acids is 1. The van der Waals surface area contributed by atoms with Crippen molar-refractivity contribution in [2.75, 3.05) is 49.2 Å². The first-order valence-electron chi connectivity index (χ1n) is 11.5. The van der Waals surface area contributed by atoms with Gasteiger partial charge in [0.25, 0.3) is 0 Å². The molecule has 7 nitrogen and oxygen atoms in total. The van der Waals surface area contributed by atoms with Crippen LogP contribution in [0.15, 0.2) is 24.3 Å². The van der Waals surface area contributed by atoms with Crippen LogP contribution in [-0.4, -0.2) is 88.2 Å². The van der Waals surface area contributed by atoms with Gasteiger partial charge in [-0.05, 0) is 63.4 Å². The van der Waals surface area contributed by atoms with Gasteiger partial charge in [-0.25, -0.2) is 4.90 Å². The maximum absolute atomic E-state index is 12.6. The smallest absolute Gasteiger partial charge is 0.234 e. The number of likely N-dealkylation sites (tertiary alicyclic amines) is 1. The predicted octanol–water partition coefficient (Wildman–Crippen LogP) is 2.12. The molecule has 3 aliphatic rings. The maximum atomic E-state index is 12.6. The number of aliphatic hydroxyl groups is 2. The highest BCUT2D eigenvalue weighted by Crippen LogP contribution is 2.31. The van der Waals surface area contributed by atoms with E-state index in [4.69, 9.17) is 4.74 Å². The summed E-state index contributed by atoms with van der Waals surface area (Å²) in [4.78, 5) is 18.6. The molecule has 31 heavy (non-hydrogen) atoms. The van der Waals surface area contributed by atoms with E-state index in [1.165, 1.54) is 31.1 Å². The third kappa shape index (κ3) is 5.54. The molecule has 8 heteroatoms. The Morgan fingerprint density at radius 3 is 2.71 bits per heavy atom. The molecular weight excluding hydrogens is 414 g/mol. The molecule has 0 saturated carbocycles. The Morgan fingerprint density at radius 1 is 1.19 bits per heavy atom. The van der Waals surface area contributed by atoms with Crippen LogP contribution in [0.3, 0.4) is 0 Å². The van der Waals surface area contributed by atoms with Crippen LogP contribution in [0.4, 0.5) is 5.69 Å². The van der Waals surface area contributed by atoms with Crippen LogP contribution in [-0.2, 0) is 4.79 Å². The van der Waals surface area contributed by atoms with Gasteiger partial charge < -0.3 is 24.7 Å². The van der Waals surface area contributed by atoms with E-state index >= 15 is 0 Å². The van der Waals surface area contributed by atoms with Crippen LogP contribution < -0.4 is 9.64 Å². The Bertz CT molecular complexity index is 745. The van der Waals surface area contributed by atoms with Crippen molar-refractivity contribution >= 4 is 23.4 Å². The lowest BCUT2D eigenvalue weighted by Crippen LogP contribution is -2.58. The summed E-state index contributed by atoms with van der Waals surface area (Å²) in [5.74, 6) is 0.249. The van der Waals surface area contributed by atoms with Crippen molar-refractivity contribution in [3.63, 3.8) is 0 Å². The molecule has 3 fully saturated rings. The average molecular weight is 450 g/mol. The zero-order chi connectivity index (χ0) is 21.8. The summed E-state index contributed by atoms with van der Waals surface area (Å²) in [5.41, 5.74) is 0.846. The minimum absolute atomic E-state index is 0.0523. The molecular formula is C23H35N3O4S. The van der Waals surface area contributed by atoms with Crippen LogP contribution in [0.1, 0.15) is 39.0 Å². The molecule has 3 heterocycles. The Kier molecular flexibility index (Phi) is 7.44. The number of hydrogen-bond donors (Lipinski definition) is 2. The van der Waals surface area contributed by atoms with E-state index in [1.807, 2.05) is 29.2 Å². The molecule has 1 aromatic carbocycles. The summed E-state index contributed by atoms with van der Waals surface area (Å²) in [5, 5.41) is 20.6. The van der Waals surface area contributed by atoms with E-state index < -0.39 is 5.91 Å². The normalized spacial score (nSPS) is 27.2. The van der Waals surface area contributed by atoms with Crippen molar-refractivity contribution in [3.8, 4) is 5.75 Å². The number of thioether (sulfide) groups is 1. The molecule has 1 unspecified atom stereocenters. The second-order valence-corrected chi connectivity index (χ2v) is 10.1. The van der Waals surface area contributed by atoms with Crippen LogP contribution in [0.5, 0.6) is 5.75 Å². The lowest BCUT2D eigenvalue weighted by Gasteiger charge is -2.41. The summed E-state index contributed by atoms with van der Waals surface area (Å²) in [6.07, 6.45) is 4.83. The first-order chi connectivity index (χ1) is 14.9. The van der Waals surface area contributed by atoms with E-state index in [9.17, 15) is 15.0 Å². The van der Waals surface area contributed by atoms with Crippen LogP contribution in [0.2, 0.25) is 0 Å². The number of amides is 1. The van der Waals surface area contributed by atoms with Gasteiger partial charge in [-0.2, -0.15) is 11.8 Å². The number of hydrogen-bond acceptors (Lipinski definition) is 7. The molecule has 3 saturated heterocycles. The van der Waals surface area contributed by atoms with Crippen molar-refractivity contribution in [1.29, 1.82) is 0 Å². The summed E-state index contributed by atoms with van der Waals surface area (Å²) in [7, 11) is 0. The molecule has 1 aromatic rings. The predicted molar refractivity (Wildman–Crippen MR) is 123 cm³/mol. The van der Waals surface area contributed by atoms with Gasteiger partial charge in [0.1, 0.15) is 5.75 Å². The van der Waals surface area contributed by atoms with E-state index in [-0.39, 0.29) is 17.7 Å². The molecule has 0 bridgehead atoms.